The second kappa shape index (κ2) is 6.04. The van der Waals surface area contributed by atoms with E-state index in [4.69, 9.17) is 5.84 Å². The highest BCUT2D eigenvalue weighted by Gasteiger charge is 2.13. The Hall–Kier alpha value is -1.30. The van der Waals surface area contributed by atoms with Gasteiger partial charge in [0.2, 0.25) is 0 Å². The normalized spacial score (nSPS) is 12.6. The molecule has 0 radical (unpaired) electrons. The molecule has 2 rings (SSSR count). The number of hydrazine groups is 1. The van der Waals surface area contributed by atoms with Crippen LogP contribution in [0.2, 0.25) is 0 Å². The molecule has 0 aliphatic carbocycles. The van der Waals surface area contributed by atoms with E-state index in [1.165, 1.54) is 22.0 Å². The van der Waals surface area contributed by atoms with Crippen molar-refractivity contribution in [1.82, 2.24) is 10.4 Å². The van der Waals surface area contributed by atoms with Crippen LogP contribution in [0.3, 0.4) is 0 Å². The van der Waals surface area contributed by atoms with Crippen molar-refractivity contribution < 1.29 is 4.39 Å². The fourth-order valence-corrected chi connectivity index (χ4v) is 2.82. The van der Waals surface area contributed by atoms with Crippen molar-refractivity contribution in [2.24, 2.45) is 5.84 Å². The van der Waals surface area contributed by atoms with Gasteiger partial charge in [-0.25, -0.2) is 4.39 Å². The number of rotatable bonds is 5. The zero-order valence-electron chi connectivity index (χ0n) is 10.2. The summed E-state index contributed by atoms with van der Waals surface area (Å²) in [5, 5.41) is 0. The van der Waals surface area contributed by atoms with Crippen LogP contribution in [0.25, 0.3) is 0 Å². The molecule has 96 valence electrons. The van der Waals surface area contributed by atoms with Gasteiger partial charge in [-0.3, -0.25) is 16.3 Å². The first-order valence-electron chi connectivity index (χ1n) is 5.87. The van der Waals surface area contributed by atoms with Gasteiger partial charge >= 0.3 is 0 Å². The van der Waals surface area contributed by atoms with Crippen molar-refractivity contribution in [1.29, 1.82) is 0 Å². The molecule has 0 spiro atoms. The number of thiophene rings is 1. The van der Waals surface area contributed by atoms with Gasteiger partial charge in [0, 0.05) is 22.4 Å². The van der Waals surface area contributed by atoms with E-state index in [9.17, 15) is 4.39 Å². The number of nitrogens with one attached hydrogen (secondary N) is 1. The molecule has 2 aromatic heterocycles. The number of nitrogens with zero attached hydrogens (tertiary/aromatic N) is 1. The number of aromatic nitrogens is 1. The summed E-state index contributed by atoms with van der Waals surface area (Å²) in [5.41, 5.74) is 3.49. The molecule has 3 nitrogen and oxygen atoms in total. The first kappa shape index (κ1) is 13.1. The highest BCUT2D eigenvalue weighted by Crippen LogP contribution is 2.23. The van der Waals surface area contributed by atoms with E-state index in [0.29, 0.717) is 0 Å². The van der Waals surface area contributed by atoms with E-state index in [-0.39, 0.29) is 11.9 Å². The lowest BCUT2D eigenvalue weighted by Gasteiger charge is -2.14. The molecule has 0 aliphatic heterocycles. The topological polar surface area (TPSA) is 50.9 Å². The standard InChI is InChI=1S/C13H16FN3S/c1-2-11-3-4-12(18-11)6-13(17-15)9-5-10(14)8-16-7-9/h3-5,7-8,13,17H,2,6,15H2,1H3. The monoisotopic (exact) mass is 265 g/mol. The van der Waals surface area contributed by atoms with Crippen molar-refractivity contribution in [2.75, 3.05) is 0 Å². The fraction of sp³-hybridized carbons (Fsp3) is 0.308. The summed E-state index contributed by atoms with van der Waals surface area (Å²) in [5.74, 6) is 5.21. The molecule has 2 heterocycles. The van der Waals surface area contributed by atoms with E-state index in [1.54, 1.807) is 17.5 Å². The molecule has 0 aliphatic rings. The first-order chi connectivity index (χ1) is 8.72. The van der Waals surface area contributed by atoms with Crippen molar-refractivity contribution in [3.8, 4) is 0 Å². The molecule has 0 saturated heterocycles. The Morgan fingerprint density at radius 1 is 1.39 bits per heavy atom. The maximum absolute atomic E-state index is 13.1. The lowest BCUT2D eigenvalue weighted by molar-refractivity contribution is 0.544. The molecule has 5 heteroatoms. The van der Waals surface area contributed by atoms with Gasteiger partial charge in [-0.15, -0.1) is 11.3 Å². The summed E-state index contributed by atoms with van der Waals surface area (Å²) >= 11 is 1.77. The van der Waals surface area contributed by atoms with Crippen LogP contribution < -0.4 is 11.3 Å². The average Bonchev–Trinajstić information content (AvgIpc) is 2.83. The number of hydrogen-bond acceptors (Lipinski definition) is 4. The predicted molar refractivity (Wildman–Crippen MR) is 71.7 cm³/mol. The lowest BCUT2D eigenvalue weighted by Crippen LogP contribution is -2.29. The van der Waals surface area contributed by atoms with Crippen LogP contribution in [0, 0.1) is 5.82 Å². The van der Waals surface area contributed by atoms with Crippen LogP contribution in [0.4, 0.5) is 4.39 Å². The van der Waals surface area contributed by atoms with Crippen molar-refractivity contribution in [2.45, 2.75) is 25.8 Å². The molecule has 0 bridgehead atoms. The number of hydrogen-bond donors (Lipinski definition) is 2. The minimum atomic E-state index is -0.340. The summed E-state index contributed by atoms with van der Waals surface area (Å²) in [6, 6.07) is 5.57. The smallest absolute Gasteiger partial charge is 0.141 e. The molecule has 2 aromatic rings. The predicted octanol–water partition coefficient (Wildman–Crippen LogP) is 2.59. The zero-order valence-corrected chi connectivity index (χ0v) is 11.0. The molecule has 0 aromatic carbocycles. The Morgan fingerprint density at radius 2 is 2.17 bits per heavy atom. The molecule has 0 amide bonds. The van der Waals surface area contributed by atoms with E-state index in [1.807, 2.05) is 0 Å². The molecule has 1 unspecified atom stereocenters. The van der Waals surface area contributed by atoms with Crippen LogP contribution in [-0.4, -0.2) is 4.98 Å². The second-order valence-corrected chi connectivity index (χ2v) is 5.33. The SMILES string of the molecule is CCc1ccc(CC(NN)c2cncc(F)c2)s1. The summed E-state index contributed by atoms with van der Waals surface area (Å²) in [4.78, 5) is 6.43. The Balaban J connectivity index is 2.14. The minimum Gasteiger partial charge on any atom is -0.271 e. The Kier molecular flexibility index (Phi) is 4.41. The van der Waals surface area contributed by atoms with Crippen LogP contribution >= 0.6 is 11.3 Å². The fourth-order valence-electron chi connectivity index (χ4n) is 1.82. The van der Waals surface area contributed by atoms with E-state index < -0.39 is 0 Å². The Morgan fingerprint density at radius 3 is 2.78 bits per heavy atom. The summed E-state index contributed by atoms with van der Waals surface area (Å²) < 4.78 is 13.1. The van der Waals surface area contributed by atoms with E-state index in [0.717, 1.165) is 18.4 Å². The number of halogens is 1. The maximum atomic E-state index is 13.1. The van der Waals surface area contributed by atoms with E-state index >= 15 is 0 Å². The van der Waals surface area contributed by atoms with Gasteiger partial charge in [0.15, 0.2) is 0 Å². The number of aryl methyl sites for hydroxylation is 1. The second-order valence-electron chi connectivity index (χ2n) is 4.08. The summed E-state index contributed by atoms with van der Waals surface area (Å²) in [6.07, 6.45) is 4.61. The molecule has 0 saturated carbocycles. The third kappa shape index (κ3) is 3.13. The van der Waals surface area contributed by atoms with Gasteiger partial charge in [-0.05, 0) is 30.2 Å². The van der Waals surface area contributed by atoms with E-state index in [2.05, 4.69) is 29.5 Å². The Labute approximate surface area is 110 Å². The summed E-state index contributed by atoms with van der Waals surface area (Å²) in [6.45, 7) is 2.13. The molecule has 18 heavy (non-hydrogen) atoms. The lowest BCUT2D eigenvalue weighted by atomic mass is 10.1. The van der Waals surface area contributed by atoms with Gasteiger partial charge in [-0.2, -0.15) is 0 Å². The number of pyridine rings is 1. The zero-order chi connectivity index (χ0) is 13.0. The average molecular weight is 265 g/mol. The maximum Gasteiger partial charge on any atom is 0.141 e. The summed E-state index contributed by atoms with van der Waals surface area (Å²) in [7, 11) is 0. The Bertz CT molecular complexity index is 512. The molecular formula is C13H16FN3S. The molecular weight excluding hydrogens is 249 g/mol. The minimum absolute atomic E-state index is 0.114. The van der Waals surface area contributed by atoms with Crippen molar-refractivity contribution in [3.05, 3.63) is 51.7 Å². The molecule has 1 atom stereocenters. The van der Waals surface area contributed by atoms with Gasteiger partial charge in [0.25, 0.3) is 0 Å². The van der Waals surface area contributed by atoms with Gasteiger partial charge < -0.3 is 0 Å². The highest BCUT2D eigenvalue weighted by molar-refractivity contribution is 7.11. The van der Waals surface area contributed by atoms with Crippen LogP contribution in [0.5, 0.6) is 0 Å². The highest BCUT2D eigenvalue weighted by atomic mass is 32.1. The molecule has 3 N–H and O–H groups in total. The van der Waals surface area contributed by atoms with Gasteiger partial charge in [0.05, 0.1) is 12.2 Å². The van der Waals surface area contributed by atoms with Crippen LogP contribution in [0.15, 0.2) is 30.6 Å². The van der Waals surface area contributed by atoms with Gasteiger partial charge in [0.1, 0.15) is 5.82 Å². The largest absolute Gasteiger partial charge is 0.271 e. The van der Waals surface area contributed by atoms with Crippen LogP contribution in [-0.2, 0) is 12.8 Å². The van der Waals surface area contributed by atoms with Gasteiger partial charge in [-0.1, -0.05) is 6.92 Å². The quantitative estimate of drug-likeness (QED) is 0.645. The first-order valence-corrected chi connectivity index (χ1v) is 6.68. The third-order valence-electron chi connectivity index (χ3n) is 2.80. The van der Waals surface area contributed by atoms with Crippen molar-refractivity contribution in [3.63, 3.8) is 0 Å². The third-order valence-corrected chi connectivity index (χ3v) is 4.05. The number of nitrogens with two attached hydrogens (primary N) is 1. The van der Waals surface area contributed by atoms with Crippen LogP contribution in [0.1, 0.15) is 28.3 Å². The molecule has 0 fully saturated rings. The van der Waals surface area contributed by atoms with Crippen molar-refractivity contribution >= 4 is 11.3 Å².